The van der Waals surface area contributed by atoms with E-state index in [-0.39, 0.29) is 23.2 Å². The predicted octanol–water partition coefficient (Wildman–Crippen LogP) is 2.82. The Bertz CT molecular complexity index is 1330. The van der Waals surface area contributed by atoms with Crippen molar-refractivity contribution >= 4 is 27.3 Å². The zero-order valence-electron chi connectivity index (χ0n) is 28.1. The first-order chi connectivity index (χ1) is 20.4. The number of benzene rings is 2. The van der Waals surface area contributed by atoms with Crippen LogP contribution in [-0.2, 0) is 14.8 Å². The zero-order chi connectivity index (χ0) is 32.0. The van der Waals surface area contributed by atoms with Crippen LogP contribution in [0, 0.1) is 0 Å². The molecule has 0 aromatic heterocycles. The van der Waals surface area contributed by atoms with Crippen molar-refractivity contribution in [1.29, 1.82) is 0 Å². The molecule has 8 nitrogen and oxygen atoms in total. The van der Waals surface area contributed by atoms with E-state index in [1.54, 1.807) is 13.1 Å². The van der Waals surface area contributed by atoms with Gasteiger partial charge in [-0.1, -0.05) is 51.7 Å². The van der Waals surface area contributed by atoms with E-state index in [9.17, 15) is 18.3 Å². The molecule has 0 saturated heterocycles. The third kappa shape index (κ3) is 7.61. The molecule has 1 aliphatic rings. The largest absolute Gasteiger partial charge is 1.00 e. The van der Waals surface area contributed by atoms with Crippen LogP contribution in [0.3, 0.4) is 0 Å². The summed E-state index contributed by atoms with van der Waals surface area (Å²) in [4.78, 5) is 15.4. The average molecular weight is 651 g/mol. The Morgan fingerprint density at radius 1 is 0.977 bits per heavy atom. The fraction of sp³-hybridized carbons (Fsp3) is 0.618. The van der Waals surface area contributed by atoms with Gasteiger partial charge in [-0.3, -0.25) is 4.79 Å². The minimum atomic E-state index is -3.92. The van der Waals surface area contributed by atoms with Crippen LogP contribution in [0.15, 0.2) is 47.4 Å². The third-order valence-corrected chi connectivity index (χ3v) is 11.9. The van der Waals surface area contributed by atoms with E-state index >= 15 is 0 Å². The van der Waals surface area contributed by atoms with Crippen LogP contribution in [0.4, 0.5) is 11.4 Å². The van der Waals surface area contributed by atoms with Gasteiger partial charge in [0.05, 0.1) is 36.2 Å². The maximum absolute atomic E-state index is 14.3. The first-order valence-corrected chi connectivity index (χ1v) is 17.5. The molecule has 0 fully saturated rings. The van der Waals surface area contributed by atoms with Gasteiger partial charge in [-0.2, -0.15) is 4.31 Å². The maximum atomic E-state index is 14.3. The van der Waals surface area contributed by atoms with E-state index in [1.165, 1.54) is 4.31 Å². The summed E-state index contributed by atoms with van der Waals surface area (Å²) >= 11 is 0. The van der Waals surface area contributed by atoms with Crippen LogP contribution >= 0.6 is 0 Å². The molecule has 2 aromatic rings. The first-order valence-electron chi connectivity index (χ1n) is 16.1. The van der Waals surface area contributed by atoms with Gasteiger partial charge in [0.1, 0.15) is 0 Å². The molecule has 1 amide bonds. The highest BCUT2D eigenvalue weighted by molar-refractivity contribution is 7.89. The van der Waals surface area contributed by atoms with Crippen LogP contribution in [0.25, 0.3) is 0 Å². The van der Waals surface area contributed by atoms with Gasteiger partial charge in [-0.05, 0) is 75.1 Å². The molecule has 1 aliphatic heterocycles. The summed E-state index contributed by atoms with van der Waals surface area (Å²) < 4.78 is 30.9. The lowest BCUT2D eigenvalue weighted by molar-refractivity contribution is -0.915. The summed E-state index contributed by atoms with van der Waals surface area (Å²) in [5.41, 5.74) is 1.90. The number of likely N-dealkylation sites (N-methyl/N-ethyl adjacent to an activating group) is 2. The number of anilines is 2. The molecule has 0 spiro atoms. The number of nitrogens with zero attached hydrogens (tertiary/aromatic N) is 3. The van der Waals surface area contributed by atoms with Crippen LogP contribution in [0.2, 0.25) is 0 Å². The second-order valence-corrected chi connectivity index (χ2v) is 14.4. The number of hydrogen-bond acceptors (Lipinski definition) is 5. The van der Waals surface area contributed by atoms with Crippen LogP contribution < -0.4 is 22.6 Å². The number of aliphatic hydroxyl groups excluding tert-OH is 1. The van der Waals surface area contributed by atoms with Gasteiger partial charge in [-0.15, -0.1) is 0 Å². The van der Waals surface area contributed by atoms with Crippen molar-refractivity contribution in [2.75, 3.05) is 57.5 Å². The maximum Gasteiger partial charge on any atom is 0.279 e. The Labute approximate surface area is 272 Å². The Hall–Kier alpha value is -2.17. The fourth-order valence-electron chi connectivity index (χ4n) is 6.73. The van der Waals surface area contributed by atoms with Gasteiger partial charge >= 0.3 is 0 Å². The number of quaternary nitrogens is 1. The van der Waals surface area contributed by atoms with Gasteiger partial charge in [-0.25, -0.2) is 8.42 Å². The van der Waals surface area contributed by atoms with Gasteiger partial charge < -0.3 is 32.2 Å². The monoisotopic (exact) mass is 650 g/mol. The van der Waals surface area contributed by atoms with E-state index in [0.29, 0.717) is 35.1 Å². The molecule has 0 unspecified atom stereocenters. The number of sulfonamides is 1. The molecule has 2 N–H and O–H groups in total. The number of aliphatic hydroxyl groups is 1. The van der Waals surface area contributed by atoms with Crippen molar-refractivity contribution in [3.05, 3.63) is 53.6 Å². The zero-order valence-corrected chi connectivity index (χ0v) is 29.6. The molecule has 0 saturated carbocycles. The summed E-state index contributed by atoms with van der Waals surface area (Å²) in [5.74, 6) is -0.668. The van der Waals surface area contributed by atoms with Gasteiger partial charge in [0.25, 0.3) is 5.91 Å². The molecule has 0 radical (unpaired) electrons. The smallest absolute Gasteiger partial charge is 0.279 e. The Morgan fingerprint density at radius 2 is 1.57 bits per heavy atom. The van der Waals surface area contributed by atoms with Crippen molar-refractivity contribution in [2.24, 2.45) is 0 Å². The van der Waals surface area contributed by atoms with Gasteiger partial charge in [0.15, 0.2) is 6.54 Å². The van der Waals surface area contributed by atoms with Crippen LogP contribution in [0.5, 0.6) is 0 Å². The summed E-state index contributed by atoms with van der Waals surface area (Å²) in [6.07, 6.45) is 3.51. The Balaban J connectivity index is 0.00000675. The normalized spacial score (nSPS) is 19.4. The number of fused-ring (bicyclic) bond motifs is 1. The number of nitrogens with one attached hydrogen (secondary N) is 1. The molecule has 44 heavy (non-hydrogen) atoms. The number of amides is 1. The number of unbranched alkanes of at least 4 members (excludes halogenated alkanes) is 2. The highest BCUT2D eigenvalue weighted by Gasteiger charge is 2.53. The first kappa shape index (κ1) is 38.0. The number of hydrogen-bond donors (Lipinski definition) is 2. The highest BCUT2D eigenvalue weighted by atomic mass is 35.5. The standard InChI is InChI=1S/C34H54N4O4S.ClH/c1-9-14-21-34(22-15-10-2)33(40)32(29-24-28(36(6)7)19-20-30(29)43(41,42)37(34)8)26-17-16-18-27(23-26)35-31(39)25-38(11-3,12-4)13-5;/h16-20,23-24,32-33,40H,9-15,21-22,25H2,1-8H3;1H/t32-,33-;/m1./s1. The van der Waals surface area contributed by atoms with Gasteiger partial charge in [0.2, 0.25) is 10.0 Å². The predicted molar refractivity (Wildman–Crippen MR) is 177 cm³/mol. The number of halogens is 1. The number of rotatable bonds is 14. The van der Waals surface area contributed by atoms with Crippen molar-refractivity contribution in [1.82, 2.24) is 4.31 Å². The Kier molecular flexibility index (Phi) is 13.7. The van der Waals surface area contributed by atoms with Crippen LogP contribution in [-0.4, -0.2) is 87.2 Å². The van der Waals surface area contributed by atoms with Crippen LogP contribution in [0.1, 0.15) is 90.2 Å². The molecule has 2 aromatic carbocycles. The summed E-state index contributed by atoms with van der Waals surface area (Å²) in [6, 6.07) is 13.0. The van der Waals surface area contributed by atoms with E-state index < -0.39 is 27.6 Å². The second-order valence-electron chi connectivity index (χ2n) is 12.4. The summed E-state index contributed by atoms with van der Waals surface area (Å²) in [5, 5.41) is 15.7. The molecule has 10 heteroatoms. The van der Waals surface area contributed by atoms with Crippen molar-refractivity contribution < 1.29 is 35.2 Å². The quantitative estimate of drug-likeness (QED) is 0.307. The molecule has 2 atom stereocenters. The number of carbonyl (C=O) groups excluding carboxylic acids is 1. The van der Waals surface area contributed by atoms with E-state index in [1.807, 2.05) is 55.4 Å². The average Bonchev–Trinajstić information content (AvgIpc) is 3.04. The molecule has 248 valence electrons. The topological polar surface area (TPSA) is 90.0 Å². The van der Waals surface area contributed by atoms with Crippen molar-refractivity contribution in [2.45, 2.75) is 95.6 Å². The SMILES string of the molecule is CCCCC1(CCCC)[C@H](O)[C@H](c2cccc(NC(=O)C[N+](CC)(CC)CC)c2)c2cc(N(C)C)ccc2S(=O)(=O)N1C.[Cl-]. The molecular weight excluding hydrogens is 596 g/mol. The lowest BCUT2D eigenvalue weighted by atomic mass is 9.72. The van der Waals surface area contributed by atoms with Gasteiger partial charge in [0, 0.05) is 38.4 Å². The lowest BCUT2D eigenvalue weighted by Gasteiger charge is -2.45. The van der Waals surface area contributed by atoms with Crippen molar-refractivity contribution in [3.8, 4) is 0 Å². The Morgan fingerprint density at radius 3 is 2.09 bits per heavy atom. The van der Waals surface area contributed by atoms with E-state index in [0.717, 1.165) is 56.6 Å². The van der Waals surface area contributed by atoms with E-state index in [2.05, 4.69) is 39.9 Å². The lowest BCUT2D eigenvalue weighted by Crippen LogP contribution is -3.00. The fourth-order valence-corrected chi connectivity index (χ4v) is 8.52. The highest BCUT2D eigenvalue weighted by Crippen LogP contribution is 2.48. The van der Waals surface area contributed by atoms with Crippen molar-refractivity contribution in [3.63, 3.8) is 0 Å². The summed E-state index contributed by atoms with van der Waals surface area (Å²) in [6.45, 7) is 13.5. The minimum absolute atomic E-state index is 0. The molecular formula is C34H55ClN4O4S. The van der Waals surface area contributed by atoms with E-state index in [4.69, 9.17) is 0 Å². The second kappa shape index (κ2) is 15.9. The minimum Gasteiger partial charge on any atom is -1.00 e. The molecule has 0 bridgehead atoms. The third-order valence-electron chi connectivity index (χ3n) is 9.92. The molecule has 0 aliphatic carbocycles. The molecule has 1 heterocycles. The molecule has 3 rings (SSSR count). The number of carbonyl (C=O) groups is 1. The summed E-state index contributed by atoms with van der Waals surface area (Å²) in [7, 11) is 1.58.